The maximum Gasteiger partial charge on any atom is 0.309 e. The topological polar surface area (TPSA) is 40.5 Å². The van der Waals surface area contributed by atoms with Gasteiger partial charge in [0.1, 0.15) is 0 Å². The predicted molar refractivity (Wildman–Crippen MR) is 68.5 cm³/mol. The van der Waals surface area contributed by atoms with Gasteiger partial charge in [0.2, 0.25) is 0 Å². The van der Waals surface area contributed by atoms with Crippen LogP contribution in [0.2, 0.25) is 0 Å². The number of carboxylic acids is 1. The molecule has 0 aliphatic heterocycles. The van der Waals surface area contributed by atoms with Crippen LogP contribution in [0.5, 0.6) is 0 Å². The van der Waals surface area contributed by atoms with Crippen LogP contribution in [0.3, 0.4) is 0 Å². The lowest BCUT2D eigenvalue weighted by Crippen LogP contribution is -2.34. The first-order chi connectivity index (χ1) is 7.94. The summed E-state index contributed by atoms with van der Waals surface area (Å²) in [5.74, 6) is -0.682. The Balaban J connectivity index is 2.41. The van der Waals surface area contributed by atoms with Crippen LogP contribution in [0, 0.1) is 5.41 Å². The van der Waals surface area contributed by atoms with Crippen molar-refractivity contribution in [3.63, 3.8) is 0 Å². The zero-order chi connectivity index (χ0) is 12.6. The summed E-state index contributed by atoms with van der Waals surface area (Å²) in [6.07, 6.45) is 2.21. The average Bonchev–Trinajstić information content (AvgIpc) is 2.27. The number of aliphatic carboxylic acids is 1. The quantitative estimate of drug-likeness (QED) is 0.852. The van der Waals surface area contributed by atoms with Gasteiger partial charge in [-0.05, 0) is 43.4 Å². The molecule has 1 aliphatic rings. The van der Waals surface area contributed by atoms with Crippen molar-refractivity contribution in [2.75, 3.05) is 19.0 Å². The third-order valence-electron chi connectivity index (χ3n) is 3.75. The van der Waals surface area contributed by atoms with E-state index in [1.807, 2.05) is 27.1 Å². The number of carboxylic acid groups (broad SMARTS) is 1. The molecule has 1 aliphatic carbocycles. The summed E-state index contributed by atoms with van der Waals surface area (Å²) < 4.78 is 0. The largest absolute Gasteiger partial charge is 0.481 e. The van der Waals surface area contributed by atoms with E-state index < -0.39 is 11.4 Å². The van der Waals surface area contributed by atoms with E-state index in [2.05, 4.69) is 17.0 Å². The minimum atomic E-state index is -0.682. The monoisotopic (exact) mass is 233 g/mol. The highest BCUT2D eigenvalue weighted by Gasteiger charge is 2.37. The SMILES string of the molecule is CN(C)c1cccc2c1CCC(C)(C(=O)O)C2. The summed E-state index contributed by atoms with van der Waals surface area (Å²) in [5.41, 5.74) is 3.12. The number of hydrogen-bond acceptors (Lipinski definition) is 2. The van der Waals surface area contributed by atoms with E-state index in [9.17, 15) is 9.90 Å². The number of carbonyl (C=O) groups is 1. The van der Waals surface area contributed by atoms with Crippen molar-refractivity contribution in [2.45, 2.75) is 26.2 Å². The Bertz CT molecular complexity index is 454. The molecule has 1 atom stereocenters. The van der Waals surface area contributed by atoms with Crippen molar-refractivity contribution < 1.29 is 9.90 Å². The molecule has 1 aromatic rings. The first-order valence-corrected chi connectivity index (χ1v) is 5.95. The van der Waals surface area contributed by atoms with Crippen molar-refractivity contribution in [3.05, 3.63) is 29.3 Å². The molecule has 0 fully saturated rings. The van der Waals surface area contributed by atoms with Gasteiger partial charge >= 0.3 is 5.97 Å². The maximum absolute atomic E-state index is 11.3. The molecule has 0 heterocycles. The van der Waals surface area contributed by atoms with E-state index in [0.717, 1.165) is 12.8 Å². The maximum atomic E-state index is 11.3. The van der Waals surface area contributed by atoms with Crippen LogP contribution in [0.1, 0.15) is 24.5 Å². The predicted octanol–water partition coefficient (Wildman–Crippen LogP) is 2.33. The summed E-state index contributed by atoms with van der Waals surface area (Å²) in [5, 5.41) is 9.29. The van der Waals surface area contributed by atoms with Gasteiger partial charge in [0.25, 0.3) is 0 Å². The highest BCUT2D eigenvalue weighted by Crippen LogP contribution is 2.38. The molecular weight excluding hydrogens is 214 g/mol. The van der Waals surface area contributed by atoms with Gasteiger partial charge in [0.15, 0.2) is 0 Å². The fraction of sp³-hybridized carbons (Fsp3) is 0.500. The van der Waals surface area contributed by atoms with E-state index in [0.29, 0.717) is 6.42 Å². The van der Waals surface area contributed by atoms with Gasteiger partial charge in [0.05, 0.1) is 5.41 Å². The standard InChI is InChI=1S/C14H19NO2/c1-14(13(16)17)8-7-11-10(9-14)5-4-6-12(11)15(2)3/h4-6H,7-9H2,1-3H3,(H,16,17). The highest BCUT2D eigenvalue weighted by atomic mass is 16.4. The van der Waals surface area contributed by atoms with Crippen molar-refractivity contribution >= 4 is 11.7 Å². The van der Waals surface area contributed by atoms with Crippen molar-refractivity contribution in [3.8, 4) is 0 Å². The Morgan fingerprint density at radius 2 is 2.12 bits per heavy atom. The minimum absolute atomic E-state index is 0.599. The number of anilines is 1. The van der Waals surface area contributed by atoms with Crippen LogP contribution in [0.25, 0.3) is 0 Å². The van der Waals surface area contributed by atoms with E-state index in [-0.39, 0.29) is 0 Å². The van der Waals surface area contributed by atoms with E-state index in [4.69, 9.17) is 0 Å². The molecule has 0 radical (unpaired) electrons. The van der Waals surface area contributed by atoms with Gasteiger partial charge in [-0.25, -0.2) is 0 Å². The average molecular weight is 233 g/mol. The second-order valence-corrected chi connectivity index (χ2v) is 5.35. The number of rotatable bonds is 2. The summed E-state index contributed by atoms with van der Waals surface area (Å²) in [6.45, 7) is 1.85. The van der Waals surface area contributed by atoms with E-state index in [1.54, 1.807) is 0 Å². The normalized spacial score (nSPS) is 23.0. The first-order valence-electron chi connectivity index (χ1n) is 5.95. The van der Waals surface area contributed by atoms with Crippen molar-refractivity contribution in [2.24, 2.45) is 5.41 Å². The molecule has 17 heavy (non-hydrogen) atoms. The third-order valence-corrected chi connectivity index (χ3v) is 3.75. The lowest BCUT2D eigenvalue weighted by atomic mass is 9.72. The first kappa shape index (κ1) is 12.0. The molecule has 0 spiro atoms. The summed E-state index contributed by atoms with van der Waals surface area (Å²) in [4.78, 5) is 13.4. The molecule has 0 aromatic heterocycles. The van der Waals surface area contributed by atoms with Gasteiger partial charge in [-0.3, -0.25) is 4.79 Å². The molecule has 1 aromatic carbocycles. The van der Waals surface area contributed by atoms with Crippen LogP contribution in [0.4, 0.5) is 5.69 Å². The van der Waals surface area contributed by atoms with E-state index in [1.165, 1.54) is 16.8 Å². The molecule has 1 unspecified atom stereocenters. The molecule has 0 amide bonds. The van der Waals surface area contributed by atoms with Gasteiger partial charge in [-0.15, -0.1) is 0 Å². The van der Waals surface area contributed by atoms with E-state index >= 15 is 0 Å². The fourth-order valence-electron chi connectivity index (χ4n) is 2.59. The van der Waals surface area contributed by atoms with Crippen LogP contribution in [0.15, 0.2) is 18.2 Å². The Hall–Kier alpha value is -1.51. The number of nitrogens with zero attached hydrogens (tertiary/aromatic N) is 1. The van der Waals surface area contributed by atoms with Crippen LogP contribution in [-0.2, 0) is 17.6 Å². The van der Waals surface area contributed by atoms with Gasteiger partial charge in [0, 0.05) is 19.8 Å². The minimum Gasteiger partial charge on any atom is -0.481 e. The van der Waals surface area contributed by atoms with Gasteiger partial charge in [-0.2, -0.15) is 0 Å². The lowest BCUT2D eigenvalue weighted by Gasteiger charge is -2.33. The summed E-state index contributed by atoms with van der Waals surface area (Å²) >= 11 is 0. The van der Waals surface area contributed by atoms with Crippen LogP contribution < -0.4 is 4.90 Å². The lowest BCUT2D eigenvalue weighted by molar-refractivity contribution is -0.148. The Kier molecular flexibility index (Phi) is 2.86. The zero-order valence-electron chi connectivity index (χ0n) is 10.7. The molecule has 3 heteroatoms. The molecule has 92 valence electrons. The molecule has 0 saturated carbocycles. The summed E-state index contributed by atoms with van der Waals surface area (Å²) in [7, 11) is 4.06. The van der Waals surface area contributed by atoms with Crippen molar-refractivity contribution in [1.82, 2.24) is 0 Å². The Morgan fingerprint density at radius 3 is 2.71 bits per heavy atom. The number of hydrogen-bond donors (Lipinski definition) is 1. The number of benzene rings is 1. The molecule has 2 rings (SSSR count). The fourth-order valence-corrected chi connectivity index (χ4v) is 2.59. The molecule has 0 bridgehead atoms. The number of fused-ring (bicyclic) bond motifs is 1. The Morgan fingerprint density at radius 1 is 1.41 bits per heavy atom. The smallest absolute Gasteiger partial charge is 0.309 e. The Labute approximate surface area is 102 Å². The van der Waals surface area contributed by atoms with Crippen LogP contribution >= 0.6 is 0 Å². The molecule has 1 N–H and O–H groups in total. The molecular formula is C14H19NO2. The highest BCUT2D eigenvalue weighted by molar-refractivity contribution is 5.75. The van der Waals surface area contributed by atoms with Gasteiger partial charge in [-0.1, -0.05) is 12.1 Å². The third kappa shape index (κ3) is 2.02. The second kappa shape index (κ2) is 4.06. The molecule has 3 nitrogen and oxygen atoms in total. The zero-order valence-corrected chi connectivity index (χ0v) is 10.7. The second-order valence-electron chi connectivity index (χ2n) is 5.35. The van der Waals surface area contributed by atoms with Crippen LogP contribution in [-0.4, -0.2) is 25.2 Å². The molecule has 0 saturated heterocycles. The van der Waals surface area contributed by atoms with Crippen molar-refractivity contribution in [1.29, 1.82) is 0 Å². The summed E-state index contributed by atoms with van der Waals surface area (Å²) in [6, 6.07) is 6.17. The van der Waals surface area contributed by atoms with Gasteiger partial charge < -0.3 is 10.0 Å².